The molecule has 2 heteroatoms. The lowest BCUT2D eigenvalue weighted by Gasteiger charge is -2.08. The molecule has 0 aliphatic rings. The summed E-state index contributed by atoms with van der Waals surface area (Å²) in [6, 6.07) is 12.5. The minimum absolute atomic E-state index is 0.182. The van der Waals surface area contributed by atoms with Crippen LogP contribution in [0.25, 0.3) is 11.1 Å². The number of phenols is 2. The maximum atomic E-state index is 9.89. The minimum Gasteiger partial charge on any atom is -0.507 e. The van der Waals surface area contributed by atoms with E-state index < -0.39 is 0 Å². The van der Waals surface area contributed by atoms with Gasteiger partial charge in [0.15, 0.2) is 0 Å². The number of hydrogen-bond donors (Lipinski definition) is 2. The highest BCUT2D eigenvalue weighted by atomic mass is 16.3. The van der Waals surface area contributed by atoms with Crippen LogP contribution < -0.4 is 0 Å². The number of phenolic OH excluding ortho intramolecular Hbond substituents is 2. The van der Waals surface area contributed by atoms with E-state index in [9.17, 15) is 10.2 Å². The van der Waals surface area contributed by atoms with Gasteiger partial charge in [0, 0.05) is 11.1 Å². The largest absolute Gasteiger partial charge is 0.507 e. The quantitative estimate of drug-likeness (QED) is 0.805. The monoisotopic (exact) mass is 214 g/mol. The van der Waals surface area contributed by atoms with Gasteiger partial charge in [0.05, 0.1) is 0 Å². The standard InChI is InChI=1S/C14H14O2/c1-2-10-7-8-12(14(16)9-10)11-5-3-4-6-13(11)15/h3-9,15-16H,2H2,1H3. The highest BCUT2D eigenvalue weighted by molar-refractivity contribution is 5.75. The van der Waals surface area contributed by atoms with Crippen LogP contribution in [0, 0.1) is 0 Å². The highest BCUT2D eigenvalue weighted by Gasteiger charge is 2.08. The van der Waals surface area contributed by atoms with Crippen molar-refractivity contribution in [1.29, 1.82) is 0 Å². The molecule has 0 aromatic heterocycles. The van der Waals surface area contributed by atoms with Gasteiger partial charge in [-0.05, 0) is 24.1 Å². The molecule has 2 rings (SSSR count). The van der Waals surface area contributed by atoms with Gasteiger partial charge in [0.2, 0.25) is 0 Å². The van der Waals surface area contributed by atoms with Crippen molar-refractivity contribution in [3.05, 3.63) is 48.0 Å². The lowest BCUT2D eigenvalue weighted by atomic mass is 10.0. The molecule has 0 unspecified atom stereocenters. The average molecular weight is 214 g/mol. The first kappa shape index (κ1) is 10.6. The van der Waals surface area contributed by atoms with Gasteiger partial charge < -0.3 is 10.2 Å². The van der Waals surface area contributed by atoms with Crippen molar-refractivity contribution in [3.8, 4) is 22.6 Å². The van der Waals surface area contributed by atoms with Gasteiger partial charge in [-0.1, -0.05) is 37.3 Å². The van der Waals surface area contributed by atoms with Gasteiger partial charge in [-0.3, -0.25) is 0 Å². The Morgan fingerprint density at radius 1 is 0.875 bits per heavy atom. The second-order valence-electron chi connectivity index (χ2n) is 3.72. The Morgan fingerprint density at radius 3 is 2.19 bits per heavy atom. The van der Waals surface area contributed by atoms with E-state index in [1.807, 2.05) is 25.1 Å². The molecule has 82 valence electrons. The molecule has 0 saturated heterocycles. The van der Waals surface area contributed by atoms with Crippen LogP contribution in [0.2, 0.25) is 0 Å². The Morgan fingerprint density at radius 2 is 1.56 bits per heavy atom. The van der Waals surface area contributed by atoms with E-state index in [1.54, 1.807) is 24.3 Å². The summed E-state index contributed by atoms with van der Waals surface area (Å²) >= 11 is 0. The number of rotatable bonds is 2. The summed E-state index contributed by atoms with van der Waals surface area (Å²) in [5.41, 5.74) is 2.40. The molecule has 0 radical (unpaired) electrons. The fourth-order valence-corrected chi connectivity index (χ4v) is 1.73. The molecule has 0 aliphatic heterocycles. The molecule has 2 nitrogen and oxygen atoms in total. The van der Waals surface area contributed by atoms with Crippen molar-refractivity contribution in [2.75, 3.05) is 0 Å². The topological polar surface area (TPSA) is 40.5 Å². The van der Waals surface area contributed by atoms with E-state index in [0.29, 0.717) is 11.1 Å². The lowest BCUT2D eigenvalue weighted by molar-refractivity contribution is 0.469. The number of hydrogen-bond acceptors (Lipinski definition) is 2. The summed E-state index contributed by atoms with van der Waals surface area (Å²) in [6.07, 6.45) is 0.884. The van der Waals surface area contributed by atoms with Crippen molar-refractivity contribution >= 4 is 0 Å². The molecule has 0 heterocycles. The molecule has 0 atom stereocenters. The van der Waals surface area contributed by atoms with Crippen molar-refractivity contribution in [2.24, 2.45) is 0 Å². The zero-order chi connectivity index (χ0) is 11.5. The van der Waals surface area contributed by atoms with E-state index >= 15 is 0 Å². The molecule has 2 aromatic carbocycles. The van der Waals surface area contributed by atoms with Crippen molar-refractivity contribution in [2.45, 2.75) is 13.3 Å². The predicted octanol–water partition coefficient (Wildman–Crippen LogP) is 3.33. The average Bonchev–Trinajstić information content (AvgIpc) is 2.30. The van der Waals surface area contributed by atoms with Crippen LogP contribution in [0.4, 0.5) is 0 Å². The van der Waals surface area contributed by atoms with Crippen LogP contribution >= 0.6 is 0 Å². The summed E-state index contributed by atoms with van der Waals surface area (Å²) in [5, 5.41) is 19.6. The van der Waals surface area contributed by atoms with Gasteiger partial charge in [-0.15, -0.1) is 0 Å². The van der Waals surface area contributed by atoms with Gasteiger partial charge in [0.1, 0.15) is 11.5 Å². The fourth-order valence-electron chi connectivity index (χ4n) is 1.73. The van der Waals surface area contributed by atoms with Gasteiger partial charge in [-0.25, -0.2) is 0 Å². The summed E-state index contributed by atoms with van der Waals surface area (Å²) in [4.78, 5) is 0. The van der Waals surface area contributed by atoms with Crippen LogP contribution in [0.3, 0.4) is 0 Å². The Hall–Kier alpha value is -1.96. The van der Waals surface area contributed by atoms with E-state index in [0.717, 1.165) is 12.0 Å². The summed E-state index contributed by atoms with van der Waals surface area (Å²) < 4.78 is 0. The first-order valence-electron chi connectivity index (χ1n) is 5.32. The zero-order valence-electron chi connectivity index (χ0n) is 9.14. The molecule has 0 amide bonds. The van der Waals surface area contributed by atoms with E-state index in [2.05, 4.69) is 0 Å². The third kappa shape index (κ3) is 1.87. The summed E-state index contributed by atoms with van der Waals surface area (Å²) in [5.74, 6) is 0.392. The van der Waals surface area contributed by atoms with Crippen molar-refractivity contribution in [1.82, 2.24) is 0 Å². The van der Waals surface area contributed by atoms with Crippen LogP contribution in [-0.4, -0.2) is 10.2 Å². The Balaban J connectivity index is 2.53. The molecule has 0 saturated carbocycles. The second-order valence-corrected chi connectivity index (χ2v) is 3.72. The Kier molecular flexibility index (Phi) is 2.82. The minimum atomic E-state index is 0.182. The summed E-state index contributed by atoms with van der Waals surface area (Å²) in [7, 11) is 0. The molecule has 0 bridgehead atoms. The SMILES string of the molecule is CCc1ccc(-c2ccccc2O)c(O)c1. The fraction of sp³-hybridized carbons (Fsp3) is 0.143. The molecule has 16 heavy (non-hydrogen) atoms. The van der Waals surface area contributed by atoms with Crippen molar-refractivity contribution < 1.29 is 10.2 Å². The molecule has 2 aromatic rings. The third-order valence-corrected chi connectivity index (χ3v) is 2.66. The maximum Gasteiger partial charge on any atom is 0.123 e. The second kappa shape index (κ2) is 4.27. The summed E-state index contributed by atoms with van der Waals surface area (Å²) in [6.45, 7) is 2.04. The van der Waals surface area contributed by atoms with Crippen LogP contribution in [0.5, 0.6) is 11.5 Å². The molecule has 0 spiro atoms. The number of aryl methyl sites for hydroxylation is 1. The smallest absolute Gasteiger partial charge is 0.123 e. The van der Waals surface area contributed by atoms with Crippen LogP contribution in [-0.2, 0) is 6.42 Å². The Labute approximate surface area is 94.8 Å². The van der Waals surface area contributed by atoms with Crippen LogP contribution in [0.1, 0.15) is 12.5 Å². The number of para-hydroxylation sites is 1. The predicted molar refractivity (Wildman–Crippen MR) is 64.6 cm³/mol. The van der Waals surface area contributed by atoms with Crippen molar-refractivity contribution in [3.63, 3.8) is 0 Å². The molecule has 2 N–H and O–H groups in total. The maximum absolute atomic E-state index is 9.89. The van der Waals surface area contributed by atoms with Gasteiger partial charge in [0.25, 0.3) is 0 Å². The highest BCUT2D eigenvalue weighted by Crippen LogP contribution is 2.35. The van der Waals surface area contributed by atoms with Gasteiger partial charge >= 0.3 is 0 Å². The number of aromatic hydroxyl groups is 2. The lowest BCUT2D eigenvalue weighted by Crippen LogP contribution is -1.84. The van der Waals surface area contributed by atoms with Gasteiger partial charge in [-0.2, -0.15) is 0 Å². The normalized spacial score (nSPS) is 10.3. The Bertz CT molecular complexity index is 504. The molecular formula is C14H14O2. The zero-order valence-corrected chi connectivity index (χ0v) is 9.14. The third-order valence-electron chi connectivity index (χ3n) is 2.66. The molecular weight excluding hydrogens is 200 g/mol. The first-order chi connectivity index (χ1) is 7.72. The number of benzene rings is 2. The van der Waals surface area contributed by atoms with E-state index in [-0.39, 0.29) is 11.5 Å². The molecule has 0 aliphatic carbocycles. The van der Waals surface area contributed by atoms with E-state index in [4.69, 9.17) is 0 Å². The molecule has 0 fully saturated rings. The first-order valence-corrected chi connectivity index (χ1v) is 5.32. The van der Waals surface area contributed by atoms with E-state index in [1.165, 1.54) is 0 Å². The van der Waals surface area contributed by atoms with Crippen LogP contribution in [0.15, 0.2) is 42.5 Å².